The summed E-state index contributed by atoms with van der Waals surface area (Å²) in [6.45, 7) is 11.0. The van der Waals surface area contributed by atoms with Gasteiger partial charge in [-0.15, -0.1) is 0 Å². The molecule has 4 N–H and O–H groups in total. The van der Waals surface area contributed by atoms with Crippen molar-refractivity contribution in [2.24, 2.45) is 28.9 Å². The second-order valence-corrected chi connectivity index (χ2v) is 12.8. The first-order valence-corrected chi connectivity index (χ1v) is 13.7. The van der Waals surface area contributed by atoms with Crippen molar-refractivity contribution < 1.29 is 37.5 Å². The van der Waals surface area contributed by atoms with E-state index in [1.807, 2.05) is 13.8 Å². The van der Waals surface area contributed by atoms with Gasteiger partial charge in [0.05, 0.1) is 6.04 Å². The predicted octanol–water partition coefficient (Wildman–Crippen LogP) is 2.53. The Morgan fingerprint density at radius 1 is 1.08 bits per heavy atom. The van der Waals surface area contributed by atoms with Crippen LogP contribution in [0, 0.1) is 23.2 Å². The summed E-state index contributed by atoms with van der Waals surface area (Å²) in [6.07, 6.45) is -0.921. The number of carbonyl (C=O) groups excluding carboxylic acids is 5. The van der Waals surface area contributed by atoms with Crippen LogP contribution in [0.2, 0.25) is 0 Å². The maximum absolute atomic E-state index is 14.0. The van der Waals surface area contributed by atoms with Crippen molar-refractivity contribution in [2.75, 3.05) is 6.54 Å². The van der Waals surface area contributed by atoms with Gasteiger partial charge in [-0.2, -0.15) is 0 Å². The number of nitrogens with zero attached hydrogens (tertiary/aromatic N) is 1. The number of nitrogens with one attached hydrogen (secondary N) is 2. The second kappa shape index (κ2) is 11.0. The molecule has 0 aromatic heterocycles. The topological polar surface area (TPSA) is 148 Å². The quantitative estimate of drug-likeness (QED) is 0.372. The van der Waals surface area contributed by atoms with Crippen molar-refractivity contribution >= 4 is 29.6 Å². The van der Waals surface area contributed by atoms with Gasteiger partial charge in [-0.1, -0.05) is 27.2 Å². The van der Waals surface area contributed by atoms with E-state index in [4.69, 9.17) is 10.5 Å². The van der Waals surface area contributed by atoms with Crippen molar-refractivity contribution in [3.8, 4) is 0 Å². The molecule has 12 heteroatoms. The first-order valence-electron chi connectivity index (χ1n) is 13.7. The van der Waals surface area contributed by atoms with Crippen molar-refractivity contribution in [3.05, 3.63) is 0 Å². The number of rotatable bonds is 9. The zero-order chi connectivity index (χ0) is 29.5. The van der Waals surface area contributed by atoms with E-state index in [1.165, 1.54) is 4.90 Å². The average Bonchev–Trinajstić information content (AvgIpc) is 3.14. The van der Waals surface area contributed by atoms with Crippen LogP contribution in [0.5, 0.6) is 0 Å². The van der Waals surface area contributed by atoms with Gasteiger partial charge in [0.15, 0.2) is 0 Å². The molecular weight excluding hydrogens is 514 g/mol. The third-order valence-corrected chi connectivity index (χ3v) is 8.38. The molecule has 2 saturated carbocycles. The van der Waals surface area contributed by atoms with Crippen molar-refractivity contribution in [1.29, 1.82) is 0 Å². The van der Waals surface area contributed by atoms with Crippen LogP contribution >= 0.6 is 0 Å². The van der Waals surface area contributed by atoms with E-state index in [0.29, 0.717) is 6.42 Å². The van der Waals surface area contributed by atoms with Crippen LogP contribution in [0.15, 0.2) is 0 Å². The molecule has 5 atom stereocenters. The Morgan fingerprint density at radius 2 is 1.67 bits per heavy atom. The van der Waals surface area contributed by atoms with E-state index in [2.05, 4.69) is 10.6 Å². The molecule has 3 rings (SSSR count). The van der Waals surface area contributed by atoms with E-state index >= 15 is 0 Å². The third-order valence-electron chi connectivity index (χ3n) is 8.38. The highest BCUT2D eigenvalue weighted by Crippen LogP contribution is 2.65. The standard InChI is InChI=1S/C27H42F2N4O6/c1-7-8-16(20(34)21(30)35)31-22(36)19-17-15(26(17,5)6)13-33(19)23(37)18(32-24(38)39-25(2,3)4)14-9-11-27(28,29)12-10-14/h14-19H,7-13H2,1-6H3,(H2,30,35)(H,31,36)(H,32,38)/t15?,16?,17?,18?,19-/m0/s1. The number of hydrogen-bond donors (Lipinski definition) is 3. The third kappa shape index (κ3) is 6.87. The maximum atomic E-state index is 14.0. The minimum absolute atomic E-state index is 0.00605. The summed E-state index contributed by atoms with van der Waals surface area (Å²) in [5.41, 5.74) is 4.08. The zero-order valence-electron chi connectivity index (χ0n) is 23.6. The average molecular weight is 557 g/mol. The van der Waals surface area contributed by atoms with Crippen molar-refractivity contribution in [2.45, 2.75) is 110 Å². The SMILES string of the molecule is CCCC(NC(=O)[C@@H]1C2C(CN1C(=O)C(NC(=O)OC(C)(C)C)C1CCC(F)(F)CC1)C2(C)C)C(=O)C(N)=O. The lowest BCUT2D eigenvalue weighted by atomic mass is 9.81. The summed E-state index contributed by atoms with van der Waals surface area (Å²) in [4.78, 5) is 65.5. The number of Topliss-reactive ketones (excluding diaryl/α,β-unsaturated/α-hetero) is 1. The largest absolute Gasteiger partial charge is 0.444 e. The highest BCUT2D eigenvalue weighted by molar-refractivity contribution is 6.37. The van der Waals surface area contributed by atoms with Gasteiger partial charge in [0.25, 0.3) is 5.91 Å². The molecule has 0 radical (unpaired) electrons. The number of primary amides is 1. The van der Waals surface area contributed by atoms with Crippen LogP contribution in [0.1, 0.15) is 80.1 Å². The molecule has 1 aliphatic heterocycles. The number of piperidine rings is 1. The van der Waals surface area contributed by atoms with Gasteiger partial charge in [-0.3, -0.25) is 19.2 Å². The van der Waals surface area contributed by atoms with E-state index in [-0.39, 0.29) is 43.1 Å². The van der Waals surface area contributed by atoms with Crippen LogP contribution in [0.25, 0.3) is 0 Å². The number of alkyl halides is 2. The van der Waals surface area contributed by atoms with Crippen molar-refractivity contribution in [3.63, 3.8) is 0 Å². The Labute approximate surface area is 228 Å². The summed E-state index contributed by atoms with van der Waals surface area (Å²) in [7, 11) is 0. The van der Waals surface area contributed by atoms with Crippen LogP contribution in [0.4, 0.5) is 13.6 Å². The Bertz CT molecular complexity index is 1000. The molecule has 4 unspecified atom stereocenters. The molecule has 0 aromatic rings. The maximum Gasteiger partial charge on any atom is 0.408 e. The van der Waals surface area contributed by atoms with E-state index in [1.54, 1.807) is 27.7 Å². The van der Waals surface area contributed by atoms with Gasteiger partial charge in [0, 0.05) is 19.4 Å². The summed E-state index contributed by atoms with van der Waals surface area (Å²) in [5.74, 6) is -6.81. The van der Waals surface area contributed by atoms with Gasteiger partial charge in [-0.25, -0.2) is 13.6 Å². The number of likely N-dealkylation sites (tertiary alicyclic amines) is 1. The summed E-state index contributed by atoms with van der Waals surface area (Å²) >= 11 is 0. The van der Waals surface area contributed by atoms with Crippen LogP contribution in [-0.4, -0.2) is 70.7 Å². The number of amides is 4. The number of carbonyl (C=O) groups is 5. The molecule has 0 spiro atoms. The fraction of sp³-hybridized carbons (Fsp3) is 0.815. The van der Waals surface area contributed by atoms with Gasteiger partial charge in [0.1, 0.15) is 17.7 Å². The van der Waals surface area contributed by atoms with Gasteiger partial charge >= 0.3 is 6.09 Å². The Balaban J connectivity index is 1.87. The smallest absolute Gasteiger partial charge is 0.408 e. The molecule has 39 heavy (non-hydrogen) atoms. The lowest BCUT2D eigenvalue weighted by molar-refractivity contribution is -0.145. The van der Waals surface area contributed by atoms with Crippen LogP contribution in [0.3, 0.4) is 0 Å². The van der Waals surface area contributed by atoms with Gasteiger partial charge < -0.3 is 26.0 Å². The monoisotopic (exact) mass is 556 g/mol. The molecule has 3 aliphatic rings. The highest BCUT2D eigenvalue weighted by atomic mass is 19.3. The lowest BCUT2D eigenvalue weighted by Gasteiger charge is -2.38. The number of fused-ring (bicyclic) bond motifs is 1. The van der Waals surface area contributed by atoms with Crippen LogP contribution in [-0.2, 0) is 23.9 Å². The Morgan fingerprint density at radius 3 is 2.18 bits per heavy atom. The first kappa shape index (κ1) is 30.7. The summed E-state index contributed by atoms with van der Waals surface area (Å²) < 4.78 is 33.2. The first-order chi connectivity index (χ1) is 17.9. The molecule has 10 nitrogen and oxygen atoms in total. The lowest BCUT2D eigenvalue weighted by Crippen LogP contribution is -2.60. The fourth-order valence-electron chi connectivity index (χ4n) is 6.19. The Kier molecular flexibility index (Phi) is 8.67. The second-order valence-electron chi connectivity index (χ2n) is 12.8. The van der Waals surface area contributed by atoms with E-state index in [0.717, 1.165) is 0 Å². The number of alkyl carbamates (subject to hydrolysis) is 1. The number of halogens is 2. The molecule has 0 bridgehead atoms. The number of nitrogens with two attached hydrogens (primary N) is 1. The summed E-state index contributed by atoms with van der Waals surface area (Å²) in [6, 6.07) is -3.23. The zero-order valence-corrected chi connectivity index (χ0v) is 23.6. The van der Waals surface area contributed by atoms with Crippen LogP contribution < -0.4 is 16.4 Å². The molecule has 2 aliphatic carbocycles. The Hall–Kier alpha value is -2.79. The minimum atomic E-state index is -2.83. The number of ketones is 1. The van der Waals surface area contributed by atoms with Gasteiger partial charge in [0.2, 0.25) is 23.5 Å². The molecule has 3 fully saturated rings. The molecule has 0 aromatic carbocycles. The molecular formula is C27H42F2N4O6. The number of hydrogen-bond acceptors (Lipinski definition) is 6. The van der Waals surface area contributed by atoms with Crippen molar-refractivity contribution in [1.82, 2.24) is 15.5 Å². The normalized spacial score (nSPS) is 27.1. The molecule has 1 saturated heterocycles. The molecule has 1 heterocycles. The van der Waals surface area contributed by atoms with Gasteiger partial charge in [-0.05, 0) is 63.2 Å². The molecule has 4 amide bonds. The van der Waals surface area contributed by atoms with E-state index < -0.39 is 78.0 Å². The van der Waals surface area contributed by atoms with E-state index in [9.17, 15) is 32.8 Å². The molecule has 220 valence electrons. The minimum Gasteiger partial charge on any atom is -0.444 e. The predicted molar refractivity (Wildman–Crippen MR) is 137 cm³/mol. The number of ether oxygens (including phenoxy) is 1. The fourth-order valence-corrected chi connectivity index (χ4v) is 6.19. The highest BCUT2D eigenvalue weighted by Gasteiger charge is 2.69. The summed E-state index contributed by atoms with van der Waals surface area (Å²) in [5, 5.41) is 5.23.